The molecule has 2 aliphatic heterocycles. The summed E-state index contributed by atoms with van der Waals surface area (Å²) in [5.41, 5.74) is 1.10. The maximum atomic E-state index is 13.1. The molecule has 0 spiro atoms. The predicted octanol–water partition coefficient (Wildman–Crippen LogP) is 3.55. The minimum Gasteiger partial charge on any atom is -0.349 e. The number of carbonyl (C=O) groups is 1. The van der Waals surface area contributed by atoms with Crippen LogP contribution < -0.4 is 10.7 Å². The van der Waals surface area contributed by atoms with Gasteiger partial charge in [-0.15, -0.1) is 0 Å². The Morgan fingerprint density at radius 2 is 1.76 bits per heavy atom. The monoisotopic (exact) mass is 393 g/mol. The summed E-state index contributed by atoms with van der Waals surface area (Å²) >= 11 is 0. The van der Waals surface area contributed by atoms with E-state index in [1.807, 2.05) is 30.5 Å². The van der Waals surface area contributed by atoms with E-state index in [1.54, 1.807) is 0 Å². The molecule has 2 unspecified atom stereocenters. The predicted molar refractivity (Wildman–Crippen MR) is 115 cm³/mol. The molecular weight excluding hydrogens is 362 g/mol. The van der Waals surface area contributed by atoms with Crippen molar-refractivity contribution in [1.82, 2.24) is 14.8 Å². The average Bonchev–Trinajstić information content (AvgIpc) is 3.29. The molecule has 2 saturated heterocycles. The third kappa shape index (κ3) is 3.50. The highest BCUT2D eigenvalue weighted by molar-refractivity contribution is 5.97. The number of rotatable bonds is 4. The number of pyridine rings is 1. The van der Waals surface area contributed by atoms with Crippen molar-refractivity contribution in [1.29, 1.82) is 0 Å². The van der Waals surface area contributed by atoms with Crippen molar-refractivity contribution in [3.8, 4) is 0 Å². The SMILES string of the molecule is CN1C2CC[C@@H]1CC(NC(=O)c1cn(CC3CCCC3)c3ccccc3c1=O)C2. The fourth-order valence-electron chi connectivity index (χ4n) is 5.92. The molecule has 3 aliphatic rings. The van der Waals surface area contributed by atoms with E-state index >= 15 is 0 Å². The number of para-hydroxylation sites is 1. The van der Waals surface area contributed by atoms with E-state index in [0.29, 0.717) is 29.0 Å². The van der Waals surface area contributed by atoms with Crippen LogP contribution in [0.3, 0.4) is 0 Å². The summed E-state index contributed by atoms with van der Waals surface area (Å²) in [4.78, 5) is 28.7. The van der Waals surface area contributed by atoms with Gasteiger partial charge >= 0.3 is 0 Å². The Hall–Kier alpha value is -2.14. The Labute approximate surface area is 172 Å². The number of nitrogens with zero attached hydrogens (tertiary/aromatic N) is 2. The molecule has 1 N–H and O–H groups in total. The molecule has 1 amide bonds. The van der Waals surface area contributed by atoms with Crippen LogP contribution >= 0.6 is 0 Å². The number of amides is 1. The molecule has 1 aliphatic carbocycles. The topological polar surface area (TPSA) is 54.3 Å². The molecule has 3 fully saturated rings. The highest BCUT2D eigenvalue weighted by Crippen LogP contribution is 2.34. The van der Waals surface area contributed by atoms with Gasteiger partial charge in [-0.2, -0.15) is 0 Å². The van der Waals surface area contributed by atoms with Crippen LogP contribution in [0.4, 0.5) is 0 Å². The second kappa shape index (κ2) is 7.60. The maximum absolute atomic E-state index is 13.1. The van der Waals surface area contributed by atoms with Crippen molar-refractivity contribution in [3.63, 3.8) is 0 Å². The minimum absolute atomic E-state index is 0.142. The molecule has 0 radical (unpaired) electrons. The number of nitrogens with one attached hydrogen (secondary N) is 1. The van der Waals surface area contributed by atoms with E-state index in [-0.39, 0.29) is 17.4 Å². The molecule has 3 atom stereocenters. The highest BCUT2D eigenvalue weighted by Gasteiger charge is 2.39. The number of hydrogen-bond acceptors (Lipinski definition) is 3. The second-order valence-electron chi connectivity index (χ2n) is 9.38. The van der Waals surface area contributed by atoms with Crippen LogP contribution in [-0.4, -0.2) is 40.5 Å². The number of fused-ring (bicyclic) bond motifs is 3. The quantitative estimate of drug-likeness (QED) is 0.864. The second-order valence-corrected chi connectivity index (χ2v) is 9.38. The lowest BCUT2D eigenvalue weighted by atomic mass is 9.97. The molecule has 154 valence electrons. The summed E-state index contributed by atoms with van der Waals surface area (Å²) in [6.45, 7) is 0.888. The summed E-state index contributed by atoms with van der Waals surface area (Å²) < 4.78 is 2.15. The number of hydrogen-bond donors (Lipinski definition) is 1. The van der Waals surface area contributed by atoms with Crippen molar-refractivity contribution in [2.45, 2.75) is 76.0 Å². The number of piperidine rings is 1. The van der Waals surface area contributed by atoms with Crippen LogP contribution in [-0.2, 0) is 6.54 Å². The third-order valence-corrected chi connectivity index (χ3v) is 7.60. The Bertz CT molecular complexity index is 962. The molecule has 3 heterocycles. The molecular formula is C24H31N3O2. The summed E-state index contributed by atoms with van der Waals surface area (Å²) in [5.74, 6) is 0.441. The van der Waals surface area contributed by atoms with Crippen molar-refractivity contribution < 1.29 is 4.79 Å². The first-order chi connectivity index (χ1) is 14.1. The molecule has 2 bridgehead atoms. The normalized spacial score (nSPS) is 27.6. The first-order valence-electron chi connectivity index (χ1n) is 11.2. The molecule has 1 aromatic carbocycles. The van der Waals surface area contributed by atoms with Gasteiger partial charge in [0.05, 0.1) is 5.52 Å². The Kier molecular flexibility index (Phi) is 4.94. The van der Waals surface area contributed by atoms with Crippen molar-refractivity contribution in [2.75, 3.05) is 7.05 Å². The van der Waals surface area contributed by atoms with Crippen molar-refractivity contribution in [3.05, 3.63) is 46.2 Å². The molecule has 29 heavy (non-hydrogen) atoms. The Balaban J connectivity index is 1.43. The van der Waals surface area contributed by atoms with Crippen molar-refractivity contribution >= 4 is 16.8 Å². The Morgan fingerprint density at radius 3 is 2.48 bits per heavy atom. The fraction of sp³-hybridized carbons (Fsp3) is 0.583. The van der Waals surface area contributed by atoms with Gasteiger partial charge in [0, 0.05) is 36.3 Å². The van der Waals surface area contributed by atoms with Gasteiger partial charge in [-0.25, -0.2) is 0 Å². The van der Waals surface area contributed by atoms with E-state index in [2.05, 4.69) is 21.8 Å². The standard InChI is InChI=1S/C24H31N3O2/c1-26-18-10-11-19(26)13-17(12-18)25-24(29)21-15-27(14-16-6-2-3-7-16)22-9-5-4-8-20(22)23(21)28/h4-5,8-9,15-19H,2-3,6-7,10-14H2,1H3,(H,25,29)/t17?,18-,19?/m1/s1. The van der Waals surface area contributed by atoms with Gasteiger partial charge in [0.2, 0.25) is 5.43 Å². The van der Waals surface area contributed by atoms with Crippen LogP contribution in [0.1, 0.15) is 61.7 Å². The van der Waals surface area contributed by atoms with Gasteiger partial charge < -0.3 is 14.8 Å². The lowest BCUT2D eigenvalue weighted by molar-refractivity contribution is 0.0881. The van der Waals surface area contributed by atoms with E-state index in [9.17, 15) is 9.59 Å². The summed E-state index contributed by atoms with van der Waals surface area (Å²) in [6.07, 6.45) is 11.3. The van der Waals surface area contributed by atoms with Crippen LogP contribution in [0.2, 0.25) is 0 Å². The van der Waals surface area contributed by atoms with E-state index in [0.717, 1.165) is 24.9 Å². The summed E-state index contributed by atoms with van der Waals surface area (Å²) in [6, 6.07) is 9.02. The first kappa shape index (κ1) is 18.9. The average molecular weight is 394 g/mol. The van der Waals surface area contributed by atoms with Crippen LogP contribution in [0.25, 0.3) is 10.9 Å². The van der Waals surface area contributed by atoms with Crippen LogP contribution in [0, 0.1) is 5.92 Å². The molecule has 2 aromatic rings. The molecule has 5 heteroatoms. The Morgan fingerprint density at radius 1 is 1.07 bits per heavy atom. The summed E-state index contributed by atoms with van der Waals surface area (Å²) in [7, 11) is 2.20. The van der Waals surface area contributed by atoms with Gasteiger partial charge in [0.25, 0.3) is 5.91 Å². The maximum Gasteiger partial charge on any atom is 0.256 e. The largest absolute Gasteiger partial charge is 0.349 e. The molecule has 5 nitrogen and oxygen atoms in total. The van der Waals surface area contributed by atoms with Gasteiger partial charge in [-0.05, 0) is 63.6 Å². The zero-order valence-electron chi connectivity index (χ0n) is 17.3. The van der Waals surface area contributed by atoms with Crippen molar-refractivity contribution in [2.24, 2.45) is 5.92 Å². The smallest absolute Gasteiger partial charge is 0.256 e. The zero-order chi connectivity index (χ0) is 20.0. The summed E-state index contributed by atoms with van der Waals surface area (Å²) in [5, 5.41) is 3.86. The third-order valence-electron chi connectivity index (χ3n) is 7.60. The molecule has 5 rings (SSSR count). The number of benzene rings is 1. The highest BCUT2D eigenvalue weighted by atomic mass is 16.2. The van der Waals surface area contributed by atoms with Crippen LogP contribution in [0.15, 0.2) is 35.3 Å². The van der Waals surface area contributed by atoms with Gasteiger partial charge in [0.15, 0.2) is 0 Å². The number of aromatic nitrogens is 1. The van der Waals surface area contributed by atoms with Gasteiger partial charge in [0.1, 0.15) is 5.56 Å². The zero-order valence-corrected chi connectivity index (χ0v) is 17.3. The van der Waals surface area contributed by atoms with E-state index in [1.165, 1.54) is 38.5 Å². The van der Waals surface area contributed by atoms with Gasteiger partial charge in [-0.1, -0.05) is 25.0 Å². The molecule has 1 saturated carbocycles. The van der Waals surface area contributed by atoms with E-state index in [4.69, 9.17) is 0 Å². The fourth-order valence-corrected chi connectivity index (χ4v) is 5.92. The van der Waals surface area contributed by atoms with Gasteiger partial charge in [-0.3, -0.25) is 9.59 Å². The number of carbonyl (C=O) groups excluding carboxylic acids is 1. The molecule has 1 aromatic heterocycles. The minimum atomic E-state index is -0.199. The lowest BCUT2D eigenvalue weighted by Gasteiger charge is -2.36. The first-order valence-corrected chi connectivity index (χ1v) is 11.2. The van der Waals surface area contributed by atoms with E-state index < -0.39 is 0 Å². The van der Waals surface area contributed by atoms with Crippen LogP contribution in [0.5, 0.6) is 0 Å². The lowest BCUT2D eigenvalue weighted by Crippen LogP contribution is -2.49.